The first-order valence-corrected chi connectivity index (χ1v) is 4.97. The average Bonchev–Trinajstić information content (AvgIpc) is 2.65. The predicted molar refractivity (Wildman–Crippen MR) is 63.3 cm³/mol. The lowest BCUT2D eigenvalue weighted by molar-refractivity contribution is -0.104. The third kappa shape index (κ3) is 1.67. The van der Waals surface area contributed by atoms with Gasteiger partial charge in [-0.3, -0.25) is 14.2 Å². The molecular formula is C13H11NO2. The Labute approximate surface area is 93.0 Å². The third-order valence-corrected chi connectivity index (χ3v) is 2.44. The molecule has 3 nitrogen and oxygen atoms in total. The van der Waals surface area contributed by atoms with Crippen molar-refractivity contribution in [2.75, 3.05) is 0 Å². The number of nitrogens with zero attached hydrogens (tertiary/aromatic N) is 1. The molecule has 0 N–H and O–H groups in total. The van der Waals surface area contributed by atoms with E-state index in [1.807, 2.05) is 24.3 Å². The van der Waals surface area contributed by atoms with Crippen molar-refractivity contribution in [3.05, 3.63) is 42.1 Å². The lowest BCUT2D eigenvalue weighted by Crippen LogP contribution is -2.02. The monoisotopic (exact) mass is 213 g/mol. The topological polar surface area (TPSA) is 39.1 Å². The van der Waals surface area contributed by atoms with Crippen molar-refractivity contribution in [3.63, 3.8) is 0 Å². The van der Waals surface area contributed by atoms with Crippen LogP contribution in [0.25, 0.3) is 17.0 Å². The maximum atomic E-state index is 11.4. The van der Waals surface area contributed by atoms with E-state index in [0.717, 1.165) is 22.8 Å². The molecule has 0 amide bonds. The first-order valence-electron chi connectivity index (χ1n) is 4.97. The summed E-state index contributed by atoms with van der Waals surface area (Å²) in [5, 5.41) is 0.968. The van der Waals surface area contributed by atoms with Crippen LogP contribution < -0.4 is 0 Å². The number of allylic oxidation sites excluding steroid dienone is 1. The molecule has 0 aliphatic heterocycles. The van der Waals surface area contributed by atoms with Gasteiger partial charge in [-0.2, -0.15) is 0 Å². The molecule has 1 heterocycles. The Balaban J connectivity index is 2.71. The number of hydrogen-bond acceptors (Lipinski definition) is 2. The van der Waals surface area contributed by atoms with Gasteiger partial charge in [-0.25, -0.2) is 0 Å². The Kier molecular flexibility index (Phi) is 2.68. The van der Waals surface area contributed by atoms with Crippen LogP contribution in [0.4, 0.5) is 0 Å². The zero-order valence-electron chi connectivity index (χ0n) is 8.88. The molecule has 1 aromatic carbocycles. The van der Waals surface area contributed by atoms with Crippen molar-refractivity contribution < 1.29 is 9.59 Å². The van der Waals surface area contributed by atoms with Gasteiger partial charge in [0.2, 0.25) is 5.91 Å². The number of aromatic nitrogens is 1. The van der Waals surface area contributed by atoms with Gasteiger partial charge in [0.25, 0.3) is 0 Å². The van der Waals surface area contributed by atoms with Gasteiger partial charge in [0.1, 0.15) is 6.29 Å². The number of para-hydroxylation sites is 1. The molecule has 2 rings (SSSR count). The van der Waals surface area contributed by atoms with Gasteiger partial charge in [-0.05, 0) is 18.2 Å². The molecule has 80 valence electrons. The summed E-state index contributed by atoms with van der Waals surface area (Å²) in [5.74, 6) is -0.0399. The molecule has 0 bridgehead atoms. The zero-order valence-corrected chi connectivity index (χ0v) is 8.88. The Morgan fingerprint density at radius 1 is 1.31 bits per heavy atom. The molecule has 0 saturated heterocycles. The van der Waals surface area contributed by atoms with Crippen LogP contribution in [0.3, 0.4) is 0 Å². The minimum Gasteiger partial charge on any atom is -0.299 e. The zero-order chi connectivity index (χ0) is 11.5. The van der Waals surface area contributed by atoms with Crippen LogP contribution >= 0.6 is 0 Å². The summed E-state index contributed by atoms with van der Waals surface area (Å²) in [6, 6.07) is 7.61. The van der Waals surface area contributed by atoms with E-state index in [1.165, 1.54) is 13.0 Å². The van der Waals surface area contributed by atoms with Crippen molar-refractivity contribution in [2.24, 2.45) is 0 Å². The third-order valence-electron chi connectivity index (χ3n) is 2.44. The number of carbonyl (C=O) groups excluding carboxylic acids is 2. The van der Waals surface area contributed by atoms with Crippen LogP contribution in [0.15, 0.2) is 36.5 Å². The molecule has 3 heteroatoms. The highest BCUT2D eigenvalue weighted by Crippen LogP contribution is 2.22. The molecule has 0 unspecified atom stereocenters. The van der Waals surface area contributed by atoms with Crippen LogP contribution in [0.1, 0.15) is 17.3 Å². The second kappa shape index (κ2) is 4.14. The van der Waals surface area contributed by atoms with Gasteiger partial charge < -0.3 is 0 Å². The van der Waals surface area contributed by atoms with Gasteiger partial charge >= 0.3 is 0 Å². The van der Waals surface area contributed by atoms with E-state index < -0.39 is 0 Å². The van der Waals surface area contributed by atoms with E-state index in [4.69, 9.17) is 0 Å². The SMILES string of the molecule is CC(=O)n1cc(C=CC=O)c2ccccc21. The Bertz CT molecular complexity index is 579. The second-order valence-corrected chi connectivity index (χ2v) is 3.49. The summed E-state index contributed by atoms with van der Waals surface area (Å²) >= 11 is 0. The molecule has 0 spiro atoms. The Hall–Kier alpha value is -2.16. The normalized spacial score (nSPS) is 11.1. The number of fused-ring (bicyclic) bond motifs is 1. The van der Waals surface area contributed by atoms with Crippen molar-refractivity contribution in [2.45, 2.75) is 6.92 Å². The molecule has 0 radical (unpaired) electrons. The average molecular weight is 213 g/mol. The number of benzene rings is 1. The van der Waals surface area contributed by atoms with Gasteiger partial charge in [-0.15, -0.1) is 0 Å². The molecule has 0 aliphatic carbocycles. The highest BCUT2D eigenvalue weighted by molar-refractivity contribution is 5.97. The highest BCUT2D eigenvalue weighted by Gasteiger charge is 2.07. The van der Waals surface area contributed by atoms with Crippen LogP contribution in [0.2, 0.25) is 0 Å². The van der Waals surface area contributed by atoms with Gasteiger partial charge in [0.15, 0.2) is 0 Å². The molecule has 1 aromatic heterocycles. The maximum absolute atomic E-state index is 11.4. The Morgan fingerprint density at radius 2 is 2.06 bits per heavy atom. The van der Waals surface area contributed by atoms with Crippen molar-refractivity contribution >= 4 is 29.2 Å². The van der Waals surface area contributed by atoms with E-state index >= 15 is 0 Å². The number of hydrogen-bond donors (Lipinski definition) is 0. The summed E-state index contributed by atoms with van der Waals surface area (Å²) in [4.78, 5) is 21.7. The second-order valence-electron chi connectivity index (χ2n) is 3.49. The van der Waals surface area contributed by atoms with E-state index in [-0.39, 0.29) is 5.91 Å². The molecule has 0 fully saturated rings. The number of aldehydes is 1. The summed E-state index contributed by atoms with van der Waals surface area (Å²) in [7, 11) is 0. The molecule has 0 aliphatic rings. The largest absolute Gasteiger partial charge is 0.299 e. The van der Waals surface area contributed by atoms with Crippen LogP contribution in [-0.4, -0.2) is 16.8 Å². The Morgan fingerprint density at radius 3 is 2.75 bits per heavy atom. The first kappa shape index (κ1) is 10.4. The van der Waals surface area contributed by atoms with E-state index in [2.05, 4.69) is 0 Å². The lowest BCUT2D eigenvalue weighted by Gasteiger charge is -1.96. The smallest absolute Gasteiger partial charge is 0.227 e. The van der Waals surface area contributed by atoms with Crippen LogP contribution in [0.5, 0.6) is 0 Å². The predicted octanol–water partition coefficient (Wildman–Crippen LogP) is 2.51. The summed E-state index contributed by atoms with van der Waals surface area (Å²) in [6.45, 7) is 1.51. The number of rotatable bonds is 2. The van der Waals surface area contributed by atoms with Gasteiger partial charge in [0, 0.05) is 24.1 Å². The molecule has 2 aromatic rings. The molecule has 0 saturated carbocycles. The van der Waals surface area contributed by atoms with Crippen molar-refractivity contribution in [3.8, 4) is 0 Å². The fraction of sp³-hybridized carbons (Fsp3) is 0.0769. The maximum Gasteiger partial charge on any atom is 0.227 e. The summed E-state index contributed by atoms with van der Waals surface area (Å²) in [5.41, 5.74) is 1.73. The minimum atomic E-state index is -0.0399. The highest BCUT2D eigenvalue weighted by atomic mass is 16.1. The van der Waals surface area contributed by atoms with Crippen molar-refractivity contribution in [1.82, 2.24) is 4.57 Å². The molecule has 16 heavy (non-hydrogen) atoms. The van der Waals surface area contributed by atoms with E-state index in [1.54, 1.807) is 16.8 Å². The molecule has 0 atom stereocenters. The summed E-state index contributed by atoms with van der Waals surface area (Å²) in [6.07, 6.45) is 5.59. The lowest BCUT2D eigenvalue weighted by atomic mass is 10.2. The first-order chi connectivity index (χ1) is 7.74. The quantitative estimate of drug-likeness (QED) is 0.568. The van der Waals surface area contributed by atoms with Gasteiger partial charge in [-0.1, -0.05) is 18.2 Å². The van der Waals surface area contributed by atoms with Crippen LogP contribution in [0, 0.1) is 0 Å². The fourth-order valence-corrected chi connectivity index (χ4v) is 1.74. The minimum absolute atomic E-state index is 0.0399. The number of carbonyl (C=O) groups is 2. The standard InChI is InChI=1S/C13H11NO2/c1-10(16)14-9-11(5-4-8-15)12-6-2-3-7-13(12)14/h2-9H,1H3. The molecular weight excluding hydrogens is 202 g/mol. The van der Waals surface area contributed by atoms with Crippen molar-refractivity contribution in [1.29, 1.82) is 0 Å². The van der Waals surface area contributed by atoms with Crippen LogP contribution in [-0.2, 0) is 4.79 Å². The fourth-order valence-electron chi connectivity index (χ4n) is 1.74. The van der Waals surface area contributed by atoms with Gasteiger partial charge in [0.05, 0.1) is 5.52 Å². The van der Waals surface area contributed by atoms with E-state index in [0.29, 0.717) is 0 Å². The summed E-state index contributed by atoms with van der Waals surface area (Å²) < 4.78 is 1.58. The van der Waals surface area contributed by atoms with E-state index in [9.17, 15) is 9.59 Å².